The van der Waals surface area contributed by atoms with Gasteiger partial charge in [0.05, 0.1) is 0 Å². The summed E-state index contributed by atoms with van der Waals surface area (Å²) >= 11 is 2.03. The average molecular weight is 263 g/mol. The SMILES string of the molecule is NC1(Cc2ccc(OC3CCSCC3)cc2)CC1. The van der Waals surface area contributed by atoms with Gasteiger partial charge in [-0.15, -0.1) is 0 Å². The molecule has 0 spiro atoms. The van der Waals surface area contributed by atoms with Crippen molar-refractivity contribution in [3.8, 4) is 5.75 Å². The van der Waals surface area contributed by atoms with Crippen molar-refractivity contribution >= 4 is 11.8 Å². The van der Waals surface area contributed by atoms with E-state index in [2.05, 4.69) is 24.3 Å². The van der Waals surface area contributed by atoms with Gasteiger partial charge in [0, 0.05) is 5.54 Å². The monoisotopic (exact) mass is 263 g/mol. The van der Waals surface area contributed by atoms with Gasteiger partial charge in [-0.05, 0) is 61.3 Å². The maximum atomic E-state index is 6.13. The van der Waals surface area contributed by atoms with Crippen molar-refractivity contribution in [1.29, 1.82) is 0 Å². The Hall–Kier alpha value is -0.670. The first-order chi connectivity index (χ1) is 8.73. The number of benzene rings is 1. The molecule has 18 heavy (non-hydrogen) atoms. The molecule has 1 saturated carbocycles. The summed E-state index contributed by atoms with van der Waals surface area (Å²) in [5.74, 6) is 3.48. The first-order valence-corrected chi connectivity index (χ1v) is 8.01. The summed E-state index contributed by atoms with van der Waals surface area (Å²) in [4.78, 5) is 0. The highest BCUT2D eigenvalue weighted by Gasteiger charge is 2.37. The van der Waals surface area contributed by atoms with Crippen LogP contribution in [-0.4, -0.2) is 23.1 Å². The van der Waals surface area contributed by atoms with Gasteiger partial charge in [0.15, 0.2) is 0 Å². The molecule has 1 aromatic rings. The van der Waals surface area contributed by atoms with Gasteiger partial charge in [0.25, 0.3) is 0 Å². The molecular formula is C15H21NOS. The number of rotatable bonds is 4. The average Bonchev–Trinajstić information content (AvgIpc) is 3.11. The van der Waals surface area contributed by atoms with Gasteiger partial charge in [-0.3, -0.25) is 0 Å². The Morgan fingerprint density at radius 1 is 1.17 bits per heavy atom. The third-order valence-corrected chi connectivity index (χ3v) is 4.89. The van der Waals surface area contributed by atoms with Crippen LogP contribution >= 0.6 is 11.8 Å². The molecule has 1 aromatic carbocycles. The van der Waals surface area contributed by atoms with Crippen LogP contribution in [0.15, 0.2) is 24.3 Å². The molecular weight excluding hydrogens is 242 g/mol. The van der Waals surface area contributed by atoms with Crippen LogP contribution in [0.3, 0.4) is 0 Å². The highest BCUT2D eigenvalue weighted by atomic mass is 32.2. The molecule has 98 valence electrons. The molecule has 3 rings (SSSR count). The molecule has 2 N–H and O–H groups in total. The predicted molar refractivity (Wildman–Crippen MR) is 77.3 cm³/mol. The zero-order valence-electron chi connectivity index (χ0n) is 10.7. The van der Waals surface area contributed by atoms with Crippen LogP contribution in [-0.2, 0) is 6.42 Å². The van der Waals surface area contributed by atoms with Crippen LogP contribution in [0, 0.1) is 0 Å². The predicted octanol–water partition coefficient (Wildman–Crippen LogP) is 2.99. The van der Waals surface area contributed by atoms with Crippen LogP contribution < -0.4 is 10.5 Å². The smallest absolute Gasteiger partial charge is 0.119 e. The molecule has 1 heterocycles. The van der Waals surface area contributed by atoms with Gasteiger partial charge in [-0.1, -0.05) is 12.1 Å². The molecule has 1 aliphatic heterocycles. The third-order valence-electron chi connectivity index (χ3n) is 3.84. The van der Waals surface area contributed by atoms with Crippen LogP contribution in [0.5, 0.6) is 5.75 Å². The van der Waals surface area contributed by atoms with E-state index in [-0.39, 0.29) is 5.54 Å². The number of hydrogen-bond acceptors (Lipinski definition) is 3. The molecule has 0 atom stereocenters. The van der Waals surface area contributed by atoms with E-state index in [0.717, 1.165) is 12.2 Å². The van der Waals surface area contributed by atoms with Crippen molar-refractivity contribution in [1.82, 2.24) is 0 Å². The Bertz CT molecular complexity index is 393. The lowest BCUT2D eigenvalue weighted by Crippen LogP contribution is -2.24. The lowest BCUT2D eigenvalue weighted by Gasteiger charge is -2.22. The van der Waals surface area contributed by atoms with E-state index >= 15 is 0 Å². The largest absolute Gasteiger partial charge is 0.490 e. The lowest BCUT2D eigenvalue weighted by molar-refractivity contribution is 0.192. The maximum absolute atomic E-state index is 6.13. The van der Waals surface area contributed by atoms with Gasteiger partial charge in [-0.25, -0.2) is 0 Å². The van der Waals surface area contributed by atoms with Crippen molar-refractivity contribution in [2.45, 2.75) is 43.7 Å². The highest BCUT2D eigenvalue weighted by Crippen LogP contribution is 2.35. The lowest BCUT2D eigenvalue weighted by atomic mass is 10.1. The van der Waals surface area contributed by atoms with E-state index < -0.39 is 0 Å². The standard InChI is InChI=1S/C15H21NOS/c16-15(7-8-15)11-12-1-3-13(4-2-12)17-14-5-9-18-10-6-14/h1-4,14H,5-11,16H2. The summed E-state index contributed by atoms with van der Waals surface area (Å²) < 4.78 is 6.01. The normalized spacial score (nSPS) is 22.7. The van der Waals surface area contributed by atoms with E-state index in [1.165, 1.54) is 42.8 Å². The maximum Gasteiger partial charge on any atom is 0.119 e. The van der Waals surface area contributed by atoms with Crippen LogP contribution in [0.2, 0.25) is 0 Å². The molecule has 1 saturated heterocycles. The molecule has 2 fully saturated rings. The summed E-state index contributed by atoms with van der Waals surface area (Å²) in [6, 6.07) is 8.53. The Labute approximate surface area is 113 Å². The fourth-order valence-corrected chi connectivity index (χ4v) is 3.48. The summed E-state index contributed by atoms with van der Waals surface area (Å²) in [5, 5.41) is 0. The fraction of sp³-hybridized carbons (Fsp3) is 0.600. The quantitative estimate of drug-likeness (QED) is 0.907. The van der Waals surface area contributed by atoms with Gasteiger partial charge in [0.1, 0.15) is 11.9 Å². The van der Waals surface area contributed by atoms with Crippen LogP contribution in [0.25, 0.3) is 0 Å². The van der Waals surface area contributed by atoms with Crippen LogP contribution in [0.4, 0.5) is 0 Å². The first kappa shape index (κ1) is 12.4. The Morgan fingerprint density at radius 3 is 2.44 bits per heavy atom. The number of ether oxygens (including phenoxy) is 1. The molecule has 0 aromatic heterocycles. The summed E-state index contributed by atoms with van der Waals surface area (Å²) in [7, 11) is 0. The molecule has 0 amide bonds. The zero-order valence-corrected chi connectivity index (χ0v) is 11.5. The zero-order chi connectivity index (χ0) is 12.4. The van der Waals surface area contributed by atoms with Crippen molar-refractivity contribution < 1.29 is 4.74 Å². The Morgan fingerprint density at radius 2 is 1.83 bits per heavy atom. The molecule has 0 radical (unpaired) electrons. The van der Waals surface area contributed by atoms with Crippen LogP contribution in [0.1, 0.15) is 31.2 Å². The van der Waals surface area contributed by atoms with Gasteiger partial charge >= 0.3 is 0 Å². The van der Waals surface area contributed by atoms with Crippen molar-refractivity contribution in [2.75, 3.05) is 11.5 Å². The second-order valence-corrected chi connectivity index (χ2v) is 6.84. The molecule has 2 aliphatic rings. The minimum atomic E-state index is 0.100. The number of nitrogens with two attached hydrogens (primary N) is 1. The fourth-order valence-electron chi connectivity index (χ4n) is 2.42. The minimum absolute atomic E-state index is 0.100. The second kappa shape index (κ2) is 5.14. The van der Waals surface area contributed by atoms with Gasteiger partial charge < -0.3 is 10.5 Å². The minimum Gasteiger partial charge on any atom is -0.490 e. The Balaban J connectivity index is 1.56. The van der Waals surface area contributed by atoms with Gasteiger partial charge in [0.2, 0.25) is 0 Å². The molecule has 0 unspecified atom stereocenters. The molecule has 2 nitrogen and oxygen atoms in total. The van der Waals surface area contributed by atoms with E-state index in [1.54, 1.807) is 0 Å². The summed E-state index contributed by atoms with van der Waals surface area (Å²) in [6.07, 6.45) is 6.13. The summed E-state index contributed by atoms with van der Waals surface area (Å²) in [5.41, 5.74) is 7.57. The van der Waals surface area contributed by atoms with E-state index in [1.807, 2.05) is 11.8 Å². The van der Waals surface area contributed by atoms with E-state index in [0.29, 0.717) is 6.10 Å². The van der Waals surface area contributed by atoms with Crippen molar-refractivity contribution in [3.63, 3.8) is 0 Å². The van der Waals surface area contributed by atoms with Gasteiger partial charge in [-0.2, -0.15) is 11.8 Å². The number of thioether (sulfide) groups is 1. The topological polar surface area (TPSA) is 35.2 Å². The highest BCUT2D eigenvalue weighted by molar-refractivity contribution is 7.99. The van der Waals surface area contributed by atoms with Crippen molar-refractivity contribution in [2.24, 2.45) is 5.73 Å². The van der Waals surface area contributed by atoms with E-state index in [4.69, 9.17) is 10.5 Å². The number of hydrogen-bond donors (Lipinski definition) is 1. The van der Waals surface area contributed by atoms with Crippen molar-refractivity contribution in [3.05, 3.63) is 29.8 Å². The molecule has 3 heteroatoms. The first-order valence-electron chi connectivity index (χ1n) is 6.86. The summed E-state index contributed by atoms with van der Waals surface area (Å²) in [6.45, 7) is 0. The molecule has 0 bridgehead atoms. The van der Waals surface area contributed by atoms with E-state index in [9.17, 15) is 0 Å². The third kappa shape index (κ3) is 3.21. The second-order valence-electron chi connectivity index (χ2n) is 5.61. The molecule has 1 aliphatic carbocycles. The Kier molecular flexibility index (Phi) is 3.53.